The molecule has 0 unspecified atom stereocenters. The summed E-state index contributed by atoms with van der Waals surface area (Å²) in [4.78, 5) is 28.7. The molecule has 0 atom stereocenters. The maximum absolute atomic E-state index is 12.8. The molecule has 32 heavy (non-hydrogen) atoms. The third kappa shape index (κ3) is 5.11. The van der Waals surface area contributed by atoms with Crippen LogP contribution in [0.3, 0.4) is 0 Å². The number of benzene rings is 1. The molecular formula is C22H29N5O4S. The second-order valence-corrected chi connectivity index (χ2v) is 10.2. The van der Waals surface area contributed by atoms with Crippen molar-refractivity contribution >= 4 is 33.1 Å². The molecule has 0 aliphatic carbocycles. The van der Waals surface area contributed by atoms with Crippen molar-refractivity contribution in [3.05, 3.63) is 35.7 Å². The summed E-state index contributed by atoms with van der Waals surface area (Å²) in [7, 11) is 0.448. The molecule has 0 radical (unpaired) electrons. The summed E-state index contributed by atoms with van der Waals surface area (Å²) < 4.78 is 24.6. The Bertz CT molecular complexity index is 1040. The number of ketones is 1. The smallest absolute Gasteiger partial charge is 0.220 e. The van der Waals surface area contributed by atoms with Crippen molar-refractivity contribution in [2.75, 3.05) is 49.8 Å². The van der Waals surface area contributed by atoms with E-state index in [1.807, 2.05) is 54.2 Å². The Hall–Kier alpha value is -2.90. The minimum Gasteiger partial charge on any atom is -0.356 e. The quantitative estimate of drug-likeness (QED) is 0.485. The van der Waals surface area contributed by atoms with Gasteiger partial charge >= 0.3 is 0 Å². The summed E-state index contributed by atoms with van der Waals surface area (Å²) in [6.45, 7) is 1.37. The minimum atomic E-state index is -3.17. The van der Waals surface area contributed by atoms with Crippen LogP contribution >= 0.6 is 0 Å². The minimum absolute atomic E-state index is 0.000144. The first-order valence-electron chi connectivity index (χ1n) is 10.6. The molecule has 1 N–H and O–H groups in total. The molecule has 9 nitrogen and oxygen atoms in total. The van der Waals surface area contributed by atoms with Crippen LogP contribution in [0.5, 0.6) is 0 Å². The van der Waals surface area contributed by atoms with E-state index in [1.165, 1.54) is 10.6 Å². The molecule has 1 saturated heterocycles. The van der Waals surface area contributed by atoms with Gasteiger partial charge in [0.25, 0.3) is 0 Å². The predicted octanol–water partition coefficient (Wildman–Crippen LogP) is 1.44. The molecular weight excluding hydrogens is 430 g/mol. The first kappa shape index (κ1) is 23.8. The molecule has 0 spiro atoms. The van der Waals surface area contributed by atoms with Crippen molar-refractivity contribution in [2.24, 2.45) is 5.92 Å². The number of nitrogens with one attached hydrogen (secondary N) is 1. The van der Waals surface area contributed by atoms with E-state index in [-0.39, 0.29) is 36.0 Å². The Labute approximate surface area is 189 Å². The zero-order valence-electron chi connectivity index (χ0n) is 18.7. The zero-order valence-corrected chi connectivity index (χ0v) is 19.5. The SMILES string of the molecule is CN1C(=C(C#N)C(=O)CCC(=O)NCC2CCN(S(C)(=O)=O)CC2)N(C)c2ccccc21. The second kappa shape index (κ2) is 9.71. The number of nitriles is 1. The maximum atomic E-state index is 12.8. The molecule has 0 bridgehead atoms. The summed E-state index contributed by atoms with van der Waals surface area (Å²) in [6, 6.07) is 9.67. The van der Waals surface area contributed by atoms with E-state index in [4.69, 9.17) is 0 Å². The van der Waals surface area contributed by atoms with Crippen LogP contribution in [0, 0.1) is 17.2 Å². The highest BCUT2D eigenvalue weighted by molar-refractivity contribution is 7.88. The summed E-state index contributed by atoms with van der Waals surface area (Å²) >= 11 is 0. The Morgan fingerprint density at radius 1 is 1.09 bits per heavy atom. The van der Waals surface area contributed by atoms with Crippen molar-refractivity contribution in [1.29, 1.82) is 5.26 Å². The number of allylic oxidation sites excluding steroid dienone is 1. The number of amides is 1. The molecule has 2 heterocycles. The van der Waals surface area contributed by atoms with Crippen LogP contribution in [0.4, 0.5) is 11.4 Å². The fraction of sp³-hybridized carbons (Fsp3) is 0.500. The third-order valence-electron chi connectivity index (χ3n) is 6.06. The van der Waals surface area contributed by atoms with E-state index in [1.54, 1.807) is 0 Å². The second-order valence-electron chi connectivity index (χ2n) is 8.25. The van der Waals surface area contributed by atoms with Gasteiger partial charge in [-0.05, 0) is 30.9 Å². The molecule has 172 valence electrons. The van der Waals surface area contributed by atoms with Crippen molar-refractivity contribution in [1.82, 2.24) is 9.62 Å². The fourth-order valence-electron chi connectivity index (χ4n) is 4.20. The van der Waals surface area contributed by atoms with Gasteiger partial charge in [-0.25, -0.2) is 12.7 Å². The van der Waals surface area contributed by atoms with Gasteiger partial charge in [-0.1, -0.05) is 12.1 Å². The standard InChI is InChI=1S/C22H29N5O4S/c1-25-18-6-4-5-7-19(18)26(2)22(25)17(14-23)20(28)8-9-21(29)24-15-16-10-12-27(13-11-16)32(3,30)31/h4-7,16H,8-13,15H2,1-3H3,(H,24,29). The van der Waals surface area contributed by atoms with E-state index in [0.717, 1.165) is 11.4 Å². The van der Waals surface area contributed by atoms with Gasteiger partial charge in [0.05, 0.1) is 17.6 Å². The van der Waals surface area contributed by atoms with Crippen molar-refractivity contribution in [2.45, 2.75) is 25.7 Å². The number of nitrogens with zero attached hydrogens (tertiary/aromatic N) is 4. The topological polar surface area (TPSA) is 114 Å². The number of para-hydroxylation sites is 2. The number of fused-ring (bicyclic) bond motifs is 1. The Morgan fingerprint density at radius 3 is 2.16 bits per heavy atom. The molecule has 1 fully saturated rings. The molecule has 1 amide bonds. The largest absolute Gasteiger partial charge is 0.356 e. The van der Waals surface area contributed by atoms with Crippen molar-refractivity contribution in [3.63, 3.8) is 0 Å². The highest BCUT2D eigenvalue weighted by Crippen LogP contribution is 2.40. The number of hydrogen-bond acceptors (Lipinski definition) is 7. The predicted molar refractivity (Wildman–Crippen MR) is 122 cm³/mol. The number of rotatable bonds is 7. The van der Waals surface area contributed by atoms with Gasteiger partial charge in [0.15, 0.2) is 5.78 Å². The lowest BCUT2D eigenvalue weighted by Crippen LogP contribution is -2.41. The van der Waals surface area contributed by atoms with Crippen LogP contribution in [-0.4, -0.2) is 64.4 Å². The van der Waals surface area contributed by atoms with Crippen LogP contribution < -0.4 is 15.1 Å². The average Bonchev–Trinajstić information content (AvgIpc) is 3.02. The number of hydrogen-bond donors (Lipinski definition) is 1. The van der Waals surface area contributed by atoms with Crippen molar-refractivity contribution < 1.29 is 18.0 Å². The van der Waals surface area contributed by atoms with Crippen LogP contribution in [0.1, 0.15) is 25.7 Å². The summed E-state index contributed by atoms with van der Waals surface area (Å²) in [5.74, 6) is 0.105. The van der Waals surface area contributed by atoms with Gasteiger partial charge in [-0.2, -0.15) is 5.26 Å². The number of carbonyl (C=O) groups excluding carboxylic acids is 2. The van der Waals surface area contributed by atoms with E-state index in [9.17, 15) is 23.3 Å². The molecule has 1 aromatic rings. The number of sulfonamides is 1. The monoisotopic (exact) mass is 459 g/mol. The molecule has 0 saturated carbocycles. The number of carbonyl (C=O) groups is 2. The van der Waals surface area contributed by atoms with Crippen molar-refractivity contribution in [3.8, 4) is 6.07 Å². The normalized spacial score (nSPS) is 17.1. The molecule has 3 rings (SSSR count). The zero-order chi connectivity index (χ0) is 23.5. The highest BCUT2D eigenvalue weighted by Gasteiger charge is 2.31. The first-order valence-corrected chi connectivity index (χ1v) is 12.4. The molecule has 1 aromatic carbocycles. The number of Topliss-reactive ketones (excluding diaryl/α,β-unsaturated/α-hetero) is 1. The third-order valence-corrected chi connectivity index (χ3v) is 7.37. The van der Waals surface area contributed by atoms with E-state index in [2.05, 4.69) is 5.32 Å². The summed E-state index contributed by atoms with van der Waals surface area (Å²) in [5.41, 5.74) is 1.85. The number of anilines is 2. The maximum Gasteiger partial charge on any atom is 0.220 e. The number of piperidine rings is 1. The lowest BCUT2D eigenvalue weighted by Gasteiger charge is -2.30. The Balaban J connectivity index is 1.52. The average molecular weight is 460 g/mol. The summed E-state index contributed by atoms with van der Waals surface area (Å²) in [6.07, 6.45) is 2.53. The Morgan fingerprint density at radius 2 is 1.66 bits per heavy atom. The Kier molecular flexibility index (Phi) is 7.21. The van der Waals surface area contributed by atoms with Gasteiger partial charge in [0.2, 0.25) is 15.9 Å². The highest BCUT2D eigenvalue weighted by atomic mass is 32.2. The van der Waals surface area contributed by atoms with E-state index < -0.39 is 10.0 Å². The van der Waals surface area contributed by atoms with Gasteiger partial charge in [0.1, 0.15) is 17.5 Å². The van der Waals surface area contributed by atoms with Gasteiger partial charge < -0.3 is 15.1 Å². The van der Waals surface area contributed by atoms with Crippen LogP contribution in [0.15, 0.2) is 35.7 Å². The van der Waals surface area contributed by atoms with Crippen LogP contribution in [0.25, 0.3) is 0 Å². The van der Waals surface area contributed by atoms with E-state index in [0.29, 0.717) is 38.3 Å². The van der Waals surface area contributed by atoms with Crippen LogP contribution in [0.2, 0.25) is 0 Å². The van der Waals surface area contributed by atoms with Gasteiger partial charge in [-0.15, -0.1) is 0 Å². The molecule has 10 heteroatoms. The molecule has 2 aliphatic heterocycles. The lowest BCUT2D eigenvalue weighted by molar-refractivity contribution is -0.124. The van der Waals surface area contributed by atoms with Gasteiger partial charge in [0, 0.05) is 46.6 Å². The lowest BCUT2D eigenvalue weighted by atomic mass is 9.98. The van der Waals surface area contributed by atoms with E-state index >= 15 is 0 Å². The van der Waals surface area contributed by atoms with Crippen LogP contribution in [-0.2, 0) is 19.6 Å². The fourth-order valence-corrected chi connectivity index (χ4v) is 5.07. The first-order chi connectivity index (χ1) is 15.1. The molecule has 0 aromatic heterocycles. The van der Waals surface area contributed by atoms with Gasteiger partial charge in [-0.3, -0.25) is 9.59 Å². The summed E-state index contributed by atoms with van der Waals surface area (Å²) in [5, 5.41) is 12.5. The molecule has 2 aliphatic rings.